The van der Waals surface area contributed by atoms with Crippen LogP contribution in [-0.2, 0) is 22.1 Å². The van der Waals surface area contributed by atoms with Gasteiger partial charge >= 0.3 is 5.97 Å². The molecular weight excluding hydrogens is 182 g/mol. The lowest BCUT2D eigenvalue weighted by Crippen LogP contribution is -2.42. The van der Waals surface area contributed by atoms with Gasteiger partial charge in [0.15, 0.2) is 0 Å². The number of ether oxygens (including phenoxy) is 1. The van der Waals surface area contributed by atoms with E-state index in [-0.39, 0.29) is 0 Å². The Morgan fingerprint density at radius 1 is 1.79 bits per heavy atom. The Balaban J connectivity index is 2.89. The van der Waals surface area contributed by atoms with Crippen molar-refractivity contribution in [3.63, 3.8) is 0 Å². The Bertz CT molecular complexity index is 331. The van der Waals surface area contributed by atoms with Gasteiger partial charge in [0.25, 0.3) is 0 Å². The maximum atomic E-state index is 11.5. The van der Waals surface area contributed by atoms with Gasteiger partial charge in [-0.2, -0.15) is 5.10 Å². The molecular formula is C9H15N3O2. The highest BCUT2D eigenvalue weighted by molar-refractivity contribution is 5.81. The lowest BCUT2D eigenvalue weighted by atomic mass is 9.97. The number of aromatic nitrogens is 2. The van der Waals surface area contributed by atoms with E-state index in [1.54, 1.807) is 38.0 Å². The third kappa shape index (κ3) is 1.93. The van der Waals surface area contributed by atoms with E-state index in [2.05, 4.69) is 5.10 Å². The fourth-order valence-electron chi connectivity index (χ4n) is 1.09. The second-order valence-corrected chi connectivity index (χ2v) is 3.33. The van der Waals surface area contributed by atoms with Crippen molar-refractivity contribution in [3.8, 4) is 0 Å². The molecule has 5 nitrogen and oxygen atoms in total. The average molecular weight is 197 g/mol. The molecule has 0 spiro atoms. The summed E-state index contributed by atoms with van der Waals surface area (Å²) in [6.45, 7) is 3.69. The third-order valence-corrected chi connectivity index (χ3v) is 2.00. The molecule has 5 heteroatoms. The number of hydrogen-bond donors (Lipinski definition) is 1. The van der Waals surface area contributed by atoms with Crippen LogP contribution >= 0.6 is 0 Å². The second kappa shape index (κ2) is 3.79. The first-order chi connectivity index (χ1) is 6.48. The predicted octanol–water partition coefficient (Wildman–Crippen LogP) is 0.157. The van der Waals surface area contributed by atoms with Crippen molar-refractivity contribution in [2.24, 2.45) is 12.8 Å². The first kappa shape index (κ1) is 10.7. The maximum Gasteiger partial charge on any atom is 0.330 e. The van der Waals surface area contributed by atoms with E-state index < -0.39 is 11.5 Å². The summed E-state index contributed by atoms with van der Waals surface area (Å²) in [5.74, 6) is -0.437. The van der Waals surface area contributed by atoms with Crippen LogP contribution in [-0.4, -0.2) is 22.4 Å². The number of aryl methyl sites for hydroxylation is 1. The average Bonchev–Trinajstić information content (AvgIpc) is 2.52. The molecule has 1 rings (SSSR count). The van der Waals surface area contributed by atoms with Crippen molar-refractivity contribution >= 4 is 5.97 Å². The summed E-state index contributed by atoms with van der Waals surface area (Å²) in [5, 5.41) is 3.95. The Kier molecular flexibility index (Phi) is 2.90. The minimum absolute atomic E-state index is 0.325. The molecule has 0 aliphatic heterocycles. The van der Waals surface area contributed by atoms with Crippen LogP contribution in [0.15, 0.2) is 12.4 Å². The van der Waals surface area contributed by atoms with E-state index in [1.807, 2.05) is 0 Å². The fourth-order valence-corrected chi connectivity index (χ4v) is 1.09. The van der Waals surface area contributed by atoms with E-state index in [0.29, 0.717) is 12.2 Å². The Morgan fingerprint density at radius 3 is 2.86 bits per heavy atom. The van der Waals surface area contributed by atoms with Crippen molar-refractivity contribution in [2.45, 2.75) is 19.4 Å². The molecule has 78 valence electrons. The minimum Gasteiger partial charge on any atom is -0.464 e. The van der Waals surface area contributed by atoms with E-state index in [9.17, 15) is 4.79 Å². The van der Waals surface area contributed by atoms with Crippen LogP contribution in [0.25, 0.3) is 0 Å². The van der Waals surface area contributed by atoms with E-state index >= 15 is 0 Å². The van der Waals surface area contributed by atoms with Crippen molar-refractivity contribution in [1.29, 1.82) is 0 Å². The molecule has 0 aromatic carbocycles. The number of nitrogens with two attached hydrogens (primary N) is 1. The lowest BCUT2D eigenvalue weighted by Gasteiger charge is -2.20. The number of carbonyl (C=O) groups is 1. The number of rotatable bonds is 3. The van der Waals surface area contributed by atoms with Gasteiger partial charge in [-0.1, -0.05) is 0 Å². The molecule has 1 aromatic heterocycles. The Labute approximate surface area is 82.8 Å². The van der Waals surface area contributed by atoms with Crippen LogP contribution in [0.1, 0.15) is 19.4 Å². The molecule has 0 radical (unpaired) electrons. The fraction of sp³-hybridized carbons (Fsp3) is 0.556. The first-order valence-electron chi connectivity index (χ1n) is 4.43. The number of carbonyl (C=O) groups excluding carboxylic acids is 1. The monoisotopic (exact) mass is 197 g/mol. The Morgan fingerprint density at radius 2 is 2.43 bits per heavy atom. The van der Waals surface area contributed by atoms with Gasteiger partial charge in [-0.05, 0) is 13.8 Å². The minimum atomic E-state index is -1.12. The lowest BCUT2D eigenvalue weighted by molar-refractivity contribution is -0.149. The molecule has 0 bridgehead atoms. The highest BCUT2D eigenvalue weighted by atomic mass is 16.5. The molecule has 0 amide bonds. The van der Waals surface area contributed by atoms with Crippen molar-refractivity contribution in [3.05, 3.63) is 18.0 Å². The standard InChI is InChI=1S/C9H15N3O2/c1-4-14-8(13)9(2,10)7-5-11-12(3)6-7/h5-6H,4,10H2,1-3H3/t9-/m0/s1. The third-order valence-electron chi connectivity index (χ3n) is 2.00. The zero-order chi connectivity index (χ0) is 10.8. The first-order valence-corrected chi connectivity index (χ1v) is 4.43. The van der Waals surface area contributed by atoms with Crippen molar-refractivity contribution < 1.29 is 9.53 Å². The molecule has 0 fully saturated rings. The van der Waals surface area contributed by atoms with Crippen molar-refractivity contribution in [1.82, 2.24) is 9.78 Å². The summed E-state index contributed by atoms with van der Waals surface area (Å²) in [6, 6.07) is 0. The highest BCUT2D eigenvalue weighted by Gasteiger charge is 2.33. The van der Waals surface area contributed by atoms with Crippen LogP contribution in [0.5, 0.6) is 0 Å². The van der Waals surface area contributed by atoms with Gasteiger partial charge < -0.3 is 10.5 Å². The summed E-state index contributed by atoms with van der Waals surface area (Å²) in [4.78, 5) is 11.5. The molecule has 14 heavy (non-hydrogen) atoms. The van der Waals surface area contributed by atoms with Gasteiger partial charge in [-0.3, -0.25) is 4.68 Å². The molecule has 2 N–H and O–H groups in total. The molecule has 1 atom stereocenters. The summed E-state index contributed by atoms with van der Waals surface area (Å²) >= 11 is 0. The summed E-state index contributed by atoms with van der Waals surface area (Å²) in [7, 11) is 1.77. The van der Waals surface area contributed by atoms with E-state index in [1.165, 1.54) is 0 Å². The van der Waals surface area contributed by atoms with Crippen LogP contribution in [0.2, 0.25) is 0 Å². The molecule has 1 heterocycles. The van der Waals surface area contributed by atoms with Gasteiger partial charge in [-0.15, -0.1) is 0 Å². The van der Waals surface area contributed by atoms with Gasteiger partial charge in [0, 0.05) is 18.8 Å². The largest absolute Gasteiger partial charge is 0.464 e. The summed E-state index contributed by atoms with van der Waals surface area (Å²) in [6.07, 6.45) is 3.27. The molecule has 0 aliphatic carbocycles. The SMILES string of the molecule is CCOC(=O)[C@@](C)(N)c1cnn(C)c1. The zero-order valence-corrected chi connectivity index (χ0v) is 8.65. The van der Waals surface area contributed by atoms with E-state index in [0.717, 1.165) is 0 Å². The van der Waals surface area contributed by atoms with Gasteiger partial charge in [0.05, 0.1) is 12.8 Å². The maximum absolute atomic E-state index is 11.5. The molecule has 0 saturated heterocycles. The summed E-state index contributed by atoms with van der Waals surface area (Å²) in [5.41, 5.74) is 5.38. The smallest absolute Gasteiger partial charge is 0.330 e. The molecule has 0 unspecified atom stereocenters. The molecule has 0 aliphatic rings. The normalized spacial score (nSPS) is 14.9. The van der Waals surface area contributed by atoms with Gasteiger partial charge in [0.1, 0.15) is 5.54 Å². The number of nitrogens with zero attached hydrogens (tertiary/aromatic N) is 2. The van der Waals surface area contributed by atoms with Crippen LogP contribution < -0.4 is 5.73 Å². The summed E-state index contributed by atoms with van der Waals surface area (Å²) < 4.78 is 6.47. The second-order valence-electron chi connectivity index (χ2n) is 3.33. The van der Waals surface area contributed by atoms with Crippen molar-refractivity contribution in [2.75, 3.05) is 6.61 Å². The number of esters is 1. The Hall–Kier alpha value is -1.36. The molecule has 0 saturated carbocycles. The number of hydrogen-bond acceptors (Lipinski definition) is 4. The van der Waals surface area contributed by atoms with Gasteiger partial charge in [0.2, 0.25) is 0 Å². The van der Waals surface area contributed by atoms with Crippen LogP contribution in [0, 0.1) is 0 Å². The topological polar surface area (TPSA) is 70.1 Å². The quantitative estimate of drug-likeness (QED) is 0.700. The van der Waals surface area contributed by atoms with E-state index in [4.69, 9.17) is 10.5 Å². The van der Waals surface area contributed by atoms with Crippen LogP contribution in [0.4, 0.5) is 0 Å². The van der Waals surface area contributed by atoms with Gasteiger partial charge in [-0.25, -0.2) is 4.79 Å². The highest BCUT2D eigenvalue weighted by Crippen LogP contribution is 2.18. The van der Waals surface area contributed by atoms with Crippen LogP contribution in [0.3, 0.4) is 0 Å². The molecule has 1 aromatic rings. The zero-order valence-electron chi connectivity index (χ0n) is 8.65. The predicted molar refractivity (Wildman–Crippen MR) is 51.4 cm³/mol.